The number of rotatable bonds is 6. The zero-order chi connectivity index (χ0) is 21.1. The zero-order valence-corrected chi connectivity index (χ0v) is 17.5. The Labute approximate surface area is 180 Å². The number of ether oxygens (including phenoxy) is 2. The average molecular weight is 427 g/mol. The predicted molar refractivity (Wildman–Crippen MR) is 114 cm³/mol. The summed E-state index contributed by atoms with van der Waals surface area (Å²) in [5.74, 6) is 0.00989. The molecular weight excluding hydrogens is 404 g/mol. The van der Waals surface area contributed by atoms with Crippen molar-refractivity contribution in [1.82, 2.24) is 9.80 Å². The summed E-state index contributed by atoms with van der Waals surface area (Å²) in [7, 11) is 1.56. The number of carbonyl (C=O) groups excluding carboxylic acids is 2. The molecule has 0 unspecified atom stereocenters. The number of carbonyl (C=O) groups is 2. The molecule has 0 radical (unpaired) electrons. The third-order valence-corrected chi connectivity index (χ3v) is 5.64. The lowest BCUT2D eigenvalue weighted by Gasteiger charge is -2.29. The summed E-state index contributed by atoms with van der Waals surface area (Å²) >= 11 is 5.95. The Hall–Kier alpha value is -2.83. The van der Waals surface area contributed by atoms with E-state index in [-0.39, 0.29) is 11.8 Å². The van der Waals surface area contributed by atoms with Crippen LogP contribution < -0.4 is 4.74 Å². The van der Waals surface area contributed by atoms with Gasteiger partial charge in [-0.05, 0) is 30.2 Å². The molecule has 2 aromatic rings. The van der Waals surface area contributed by atoms with Crippen LogP contribution in [-0.2, 0) is 20.7 Å². The van der Waals surface area contributed by atoms with E-state index in [4.69, 9.17) is 21.1 Å². The van der Waals surface area contributed by atoms with Gasteiger partial charge in [0.25, 0.3) is 11.8 Å². The molecule has 2 aliphatic rings. The van der Waals surface area contributed by atoms with Crippen molar-refractivity contribution < 1.29 is 19.1 Å². The molecule has 0 spiro atoms. The number of morpholine rings is 1. The summed E-state index contributed by atoms with van der Waals surface area (Å²) in [6, 6.07) is 14.7. The molecule has 30 heavy (non-hydrogen) atoms. The lowest BCUT2D eigenvalue weighted by molar-refractivity contribution is -0.137. The van der Waals surface area contributed by atoms with Gasteiger partial charge < -0.3 is 14.4 Å². The molecule has 2 aliphatic heterocycles. The molecule has 0 saturated carbocycles. The molecule has 7 heteroatoms. The highest BCUT2D eigenvalue weighted by Gasteiger charge is 2.42. The van der Waals surface area contributed by atoms with Gasteiger partial charge in [0, 0.05) is 30.2 Å². The maximum atomic E-state index is 13.4. The Morgan fingerprint density at radius 2 is 1.70 bits per heavy atom. The summed E-state index contributed by atoms with van der Waals surface area (Å²) in [6.45, 7) is 2.48. The molecule has 156 valence electrons. The first kappa shape index (κ1) is 20.4. The van der Waals surface area contributed by atoms with E-state index in [1.165, 1.54) is 4.90 Å². The van der Waals surface area contributed by atoms with Crippen LogP contribution in [0.4, 0.5) is 0 Å². The molecular formula is C23H23ClN2O4. The van der Waals surface area contributed by atoms with Crippen molar-refractivity contribution in [3.8, 4) is 5.75 Å². The van der Waals surface area contributed by atoms with Crippen molar-refractivity contribution in [2.75, 3.05) is 40.0 Å². The highest BCUT2D eigenvalue weighted by molar-refractivity contribution is 6.36. The molecule has 1 saturated heterocycles. The fourth-order valence-corrected chi connectivity index (χ4v) is 3.96. The van der Waals surface area contributed by atoms with Crippen LogP contribution in [0.5, 0.6) is 5.75 Å². The van der Waals surface area contributed by atoms with E-state index < -0.39 is 0 Å². The van der Waals surface area contributed by atoms with E-state index in [9.17, 15) is 9.59 Å². The van der Waals surface area contributed by atoms with E-state index in [1.54, 1.807) is 13.2 Å². The first-order chi connectivity index (χ1) is 14.6. The molecule has 2 heterocycles. The second-order valence-electron chi connectivity index (χ2n) is 7.16. The van der Waals surface area contributed by atoms with Crippen molar-refractivity contribution in [3.63, 3.8) is 0 Å². The molecule has 2 amide bonds. The lowest BCUT2D eigenvalue weighted by atomic mass is 10.0. The first-order valence-electron chi connectivity index (χ1n) is 9.91. The molecule has 0 N–H and O–H groups in total. The summed E-state index contributed by atoms with van der Waals surface area (Å²) < 4.78 is 10.9. The summed E-state index contributed by atoms with van der Waals surface area (Å²) in [6.07, 6.45) is 0.560. The molecule has 4 rings (SSSR count). The monoisotopic (exact) mass is 426 g/mol. The second-order valence-corrected chi connectivity index (χ2v) is 7.60. The summed E-state index contributed by atoms with van der Waals surface area (Å²) in [4.78, 5) is 30.1. The third-order valence-electron chi connectivity index (χ3n) is 5.38. The SMILES string of the molecule is COc1ccccc1C1=C(N2CCOCC2)C(=O)N(CCc2ccc(Cl)cc2)C1=O. The van der Waals surface area contributed by atoms with Crippen LogP contribution in [0.1, 0.15) is 11.1 Å². The van der Waals surface area contributed by atoms with Crippen molar-refractivity contribution in [3.05, 3.63) is 70.4 Å². The topological polar surface area (TPSA) is 59.1 Å². The van der Waals surface area contributed by atoms with Crippen LogP contribution in [0.2, 0.25) is 5.02 Å². The Bertz CT molecular complexity index is 981. The van der Waals surface area contributed by atoms with Crippen LogP contribution in [0.25, 0.3) is 5.57 Å². The highest BCUT2D eigenvalue weighted by atomic mass is 35.5. The number of para-hydroxylation sites is 1. The maximum Gasteiger partial charge on any atom is 0.277 e. The normalized spacial score (nSPS) is 17.1. The van der Waals surface area contributed by atoms with Gasteiger partial charge in [-0.25, -0.2) is 0 Å². The number of hydrogen-bond acceptors (Lipinski definition) is 5. The van der Waals surface area contributed by atoms with Crippen molar-refractivity contribution >= 4 is 29.0 Å². The van der Waals surface area contributed by atoms with Crippen molar-refractivity contribution in [2.24, 2.45) is 0 Å². The van der Waals surface area contributed by atoms with Crippen molar-refractivity contribution in [1.29, 1.82) is 0 Å². The second kappa shape index (κ2) is 8.90. The van der Waals surface area contributed by atoms with E-state index in [0.29, 0.717) is 66.9 Å². The molecule has 1 fully saturated rings. The molecule has 0 atom stereocenters. The van der Waals surface area contributed by atoms with Gasteiger partial charge in [-0.3, -0.25) is 14.5 Å². The number of halogens is 1. The molecule has 0 aliphatic carbocycles. The number of nitrogens with zero attached hydrogens (tertiary/aromatic N) is 2. The number of methoxy groups -OCH3 is 1. The van der Waals surface area contributed by atoms with Crippen LogP contribution in [-0.4, -0.2) is 61.6 Å². The number of imide groups is 1. The van der Waals surface area contributed by atoms with Gasteiger partial charge in [0.1, 0.15) is 11.4 Å². The Morgan fingerprint density at radius 1 is 1.00 bits per heavy atom. The fourth-order valence-electron chi connectivity index (χ4n) is 3.83. The molecule has 2 aromatic carbocycles. The van der Waals surface area contributed by atoms with Gasteiger partial charge in [0.15, 0.2) is 0 Å². The van der Waals surface area contributed by atoms with Crippen LogP contribution in [0.15, 0.2) is 54.2 Å². The van der Waals surface area contributed by atoms with Gasteiger partial charge >= 0.3 is 0 Å². The number of benzene rings is 2. The smallest absolute Gasteiger partial charge is 0.277 e. The zero-order valence-electron chi connectivity index (χ0n) is 16.8. The Kier molecular flexibility index (Phi) is 6.06. The lowest BCUT2D eigenvalue weighted by Crippen LogP contribution is -2.40. The number of amides is 2. The van der Waals surface area contributed by atoms with E-state index >= 15 is 0 Å². The number of hydrogen-bond donors (Lipinski definition) is 0. The van der Waals surface area contributed by atoms with E-state index in [0.717, 1.165) is 5.56 Å². The van der Waals surface area contributed by atoms with Crippen molar-refractivity contribution in [2.45, 2.75) is 6.42 Å². The minimum Gasteiger partial charge on any atom is -0.496 e. The Balaban J connectivity index is 1.67. The fraction of sp³-hybridized carbons (Fsp3) is 0.304. The third kappa shape index (κ3) is 3.93. The molecule has 0 bridgehead atoms. The van der Waals surface area contributed by atoms with Gasteiger partial charge in [-0.1, -0.05) is 41.9 Å². The van der Waals surface area contributed by atoms with E-state index in [2.05, 4.69) is 0 Å². The summed E-state index contributed by atoms with van der Waals surface area (Å²) in [5, 5.41) is 0.654. The van der Waals surface area contributed by atoms with Crippen LogP contribution >= 0.6 is 11.6 Å². The van der Waals surface area contributed by atoms with Gasteiger partial charge in [-0.2, -0.15) is 0 Å². The molecule has 6 nitrogen and oxygen atoms in total. The van der Waals surface area contributed by atoms with Gasteiger partial charge in [0.05, 0.1) is 25.9 Å². The minimum atomic E-state index is -0.292. The quantitative estimate of drug-likeness (QED) is 0.664. The maximum absolute atomic E-state index is 13.4. The summed E-state index contributed by atoms with van der Waals surface area (Å²) in [5.41, 5.74) is 2.48. The highest BCUT2D eigenvalue weighted by Crippen LogP contribution is 2.36. The van der Waals surface area contributed by atoms with E-state index in [1.807, 2.05) is 47.4 Å². The standard InChI is InChI=1S/C23H23ClN2O4/c1-29-19-5-3-2-4-18(19)20-21(25-12-14-30-15-13-25)23(28)26(22(20)27)11-10-16-6-8-17(24)9-7-16/h2-9H,10-15H2,1H3. The van der Waals surface area contributed by atoms with Crippen LogP contribution in [0, 0.1) is 0 Å². The Morgan fingerprint density at radius 3 is 2.40 bits per heavy atom. The minimum absolute atomic E-state index is 0.267. The van der Waals surface area contributed by atoms with Gasteiger partial charge in [-0.15, -0.1) is 0 Å². The van der Waals surface area contributed by atoms with Crippen LogP contribution in [0.3, 0.4) is 0 Å². The molecule has 0 aromatic heterocycles. The van der Waals surface area contributed by atoms with Gasteiger partial charge in [0.2, 0.25) is 0 Å². The average Bonchev–Trinajstić information content (AvgIpc) is 3.03. The largest absolute Gasteiger partial charge is 0.496 e. The predicted octanol–water partition coefficient (Wildman–Crippen LogP) is 3.00. The first-order valence-corrected chi connectivity index (χ1v) is 10.3.